The van der Waals surface area contributed by atoms with Crippen LogP contribution in [0, 0.1) is 0 Å². The van der Waals surface area contributed by atoms with Crippen LogP contribution >= 0.6 is 0 Å². The molecule has 0 amide bonds. The molecule has 1 aromatic carbocycles. The Morgan fingerprint density at radius 1 is 1.41 bits per heavy atom. The van der Waals surface area contributed by atoms with Gasteiger partial charge in [-0.05, 0) is 17.7 Å². The third-order valence-electron chi connectivity index (χ3n) is 2.32. The highest BCUT2D eigenvalue weighted by atomic mass is 19.2. The Labute approximate surface area is 98.1 Å². The van der Waals surface area contributed by atoms with Crippen molar-refractivity contribution in [1.29, 1.82) is 0 Å². The van der Waals surface area contributed by atoms with Gasteiger partial charge in [0.25, 0.3) is 0 Å². The molecular weight excluding hydrogens is 229 g/mol. The minimum atomic E-state index is -1.27. The third-order valence-corrected chi connectivity index (χ3v) is 2.32. The molecule has 6 heteroatoms. The second-order valence-corrected chi connectivity index (χ2v) is 3.39. The highest BCUT2D eigenvalue weighted by Crippen LogP contribution is 2.27. The summed E-state index contributed by atoms with van der Waals surface area (Å²) in [6.07, 6.45) is 0.0200. The van der Waals surface area contributed by atoms with Crippen molar-refractivity contribution in [3.05, 3.63) is 23.8 Å². The zero-order valence-corrected chi connectivity index (χ0v) is 9.57. The second kappa shape index (κ2) is 6.05. The van der Waals surface area contributed by atoms with Crippen LogP contribution < -0.4 is 15.0 Å². The Hall–Kier alpha value is -1.82. The average molecular weight is 243 g/mol. The Kier molecular flexibility index (Phi) is 4.71. The molecule has 0 aromatic heterocycles. The van der Waals surface area contributed by atoms with E-state index in [1.54, 1.807) is 18.2 Å². The molecule has 0 aliphatic heterocycles. The van der Waals surface area contributed by atoms with E-state index in [2.05, 4.69) is 0 Å². The maximum absolute atomic E-state index is 12.2. The molecule has 0 fully saturated rings. The second-order valence-electron chi connectivity index (χ2n) is 3.39. The monoisotopic (exact) mass is 243 g/mol. The number of carbonyl (C=O) groups is 1. The van der Waals surface area contributed by atoms with Gasteiger partial charge in [-0.1, -0.05) is 6.07 Å². The Bertz CT molecular complexity index is 397. The third kappa shape index (κ3) is 3.32. The fourth-order valence-electron chi connectivity index (χ4n) is 1.42. The summed E-state index contributed by atoms with van der Waals surface area (Å²) in [6.45, 7) is 0. The SMILES string of the molecule is COc1ccc(CC(NF)C(=O)O)cc1OC. The van der Waals surface area contributed by atoms with Gasteiger partial charge < -0.3 is 14.6 Å². The van der Waals surface area contributed by atoms with Crippen molar-refractivity contribution >= 4 is 5.97 Å². The topological polar surface area (TPSA) is 67.8 Å². The predicted octanol–water partition coefficient (Wildman–Crippen LogP) is 1.17. The fourth-order valence-corrected chi connectivity index (χ4v) is 1.42. The highest BCUT2D eigenvalue weighted by molar-refractivity contribution is 5.73. The molecule has 0 saturated heterocycles. The lowest BCUT2D eigenvalue weighted by atomic mass is 10.1. The summed E-state index contributed by atoms with van der Waals surface area (Å²) < 4.78 is 22.3. The highest BCUT2D eigenvalue weighted by Gasteiger charge is 2.18. The lowest BCUT2D eigenvalue weighted by Gasteiger charge is -2.12. The van der Waals surface area contributed by atoms with Gasteiger partial charge in [-0.3, -0.25) is 4.79 Å². The zero-order valence-electron chi connectivity index (χ0n) is 9.57. The summed E-state index contributed by atoms with van der Waals surface area (Å²) in [4.78, 5) is 10.7. The molecule has 1 unspecified atom stereocenters. The van der Waals surface area contributed by atoms with Gasteiger partial charge in [0.05, 0.1) is 14.2 Å². The van der Waals surface area contributed by atoms with Gasteiger partial charge in [0.2, 0.25) is 0 Å². The maximum Gasteiger partial charge on any atom is 0.323 e. The summed E-state index contributed by atoms with van der Waals surface area (Å²) in [5.74, 6) is -0.230. The van der Waals surface area contributed by atoms with Crippen molar-refractivity contribution in [2.24, 2.45) is 0 Å². The van der Waals surface area contributed by atoms with E-state index in [9.17, 15) is 9.28 Å². The fraction of sp³-hybridized carbons (Fsp3) is 0.364. The van der Waals surface area contributed by atoms with Crippen LogP contribution in [0.15, 0.2) is 18.2 Å². The molecule has 0 aliphatic carbocycles. The maximum atomic E-state index is 12.2. The first-order valence-corrected chi connectivity index (χ1v) is 4.92. The lowest BCUT2D eigenvalue weighted by molar-refractivity contribution is -0.140. The van der Waals surface area contributed by atoms with Crippen LogP contribution in [0.2, 0.25) is 0 Å². The van der Waals surface area contributed by atoms with E-state index in [0.717, 1.165) is 0 Å². The zero-order chi connectivity index (χ0) is 12.8. The van der Waals surface area contributed by atoms with Crippen LogP contribution in [-0.2, 0) is 11.2 Å². The molecule has 0 spiro atoms. The number of aliphatic carboxylic acids is 1. The van der Waals surface area contributed by atoms with Gasteiger partial charge in [0.15, 0.2) is 11.5 Å². The molecule has 5 nitrogen and oxygen atoms in total. The summed E-state index contributed by atoms with van der Waals surface area (Å²) in [5, 5.41) is 8.70. The quantitative estimate of drug-likeness (QED) is 0.734. The van der Waals surface area contributed by atoms with Crippen LogP contribution in [0.3, 0.4) is 0 Å². The number of hydrogen-bond donors (Lipinski definition) is 2. The molecule has 17 heavy (non-hydrogen) atoms. The van der Waals surface area contributed by atoms with Crippen molar-refractivity contribution in [1.82, 2.24) is 5.54 Å². The lowest BCUT2D eigenvalue weighted by Crippen LogP contribution is -2.33. The van der Waals surface area contributed by atoms with Gasteiger partial charge >= 0.3 is 5.97 Å². The molecule has 1 rings (SSSR count). The minimum Gasteiger partial charge on any atom is -0.493 e. The van der Waals surface area contributed by atoms with Crippen molar-refractivity contribution in [2.75, 3.05) is 14.2 Å². The molecule has 2 N–H and O–H groups in total. The van der Waals surface area contributed by atoms with Crippen molar-refractivity contribution in [3.8, 4) is 11.5 Å². The van der Waals surface area contributed by atoms with Crippen molar-refractivity contribution in [3.63, 3.8) is 0 Å². The van der Waals surface area contributed by atoms with Crippen LogP contribution in [0.5, 0.6) is 11.5 Å². The van der Waals surface area contributed by atoms with E-state index < -0.39 is 12.0 Å². The van der Waals surface area contributed by atoms with Gasteiger partial charge in [-0.2, -0.15) is 0 Å². The molecule has 0 aliphatic rings. The van der Waals surface area contributed by atoms with Gasteiger partial charge in [-0.15, -0.1) is 10.0 Å². The van der Waals surface area contributed by atoms with E-state index in [-0.39, 0.29) is 6.42 Å². The first-order valence-electron chi connectivity index (χ1n) is 4.92. The summed E-state index contributed by atoms with van der Waals surface area (Å²) in [7, 11) is 2.98. The number of hydrogen-bond acceptors (Lipinski definition) is 4. The molecular formula is C11H14FNO4. The van der Waals surface area contributed by atoms with Crippen LogP contribution in [0.4, 0.5) is 4.48 Å². The number of ether oxygens (including phenoxy) is 2. The largest absolute Gasteiger partial charge is 0.493 e. The molecule has 0 heterocycles. The minimum absolute atomic E-state index is 0.0200. The Morgan fingerprint density at radius 3 is 2.53 bits per heavy atom. The van der Waals surface area contributed by atoms with E-state index in [0.29, 0.717) is 17.1 Å². The molecule has 0 saturated carbocycles. The molecule has 1 aromatic rings. The smallest absolute Gasteiger partial charge is 0.323 e. The standard InChI is InChI=1S/C11H14FNO4/c1-16-9-4-3-7(6-10(9)17-2)5-8(13-12)11(14)15/h3-4,6,8,13H,5H2,1-2H3,(H,14,15). The number of nitrogens with one attached hydrogen (secondary N) is 1. The molecule has 0 radical (unpaired) electrons. The van der Waals surface area contributed by atoms with E-state index >= 15 is 0 Å². The van der Waals surface area contributed by atoms with Crippen molar-refractivity contribution in [2.45, 2.75) is 12.5 Å². The van der Waals surface area contributed by atoms with Crippen LogP contribution in [0.1, 0.15) is 5.56 Å². The number of carboxylic acids is 1. The Balaban J connectivity index is 2.88. The number of halogens is 1. The average Bonchev–Trinajstić information content (AvgIpc) is 2.35. The van der Waals surface area contributed by atoms with E-state index in [4.69, 9.17) is 14.6 Å². The van der Waals surface area contributed by atoms with Crippen molar-refractivity contribution < 1.29 is 23.9 Å². The predicted molar refractivity (Wildman–Crippen MR) is 58.9 cm³/mol. The number of rotatable bonds is 6. The van der Waals surface area contributed by atoms with Gasteiger partial charge in [0.1, 0.15) is 6.04 Å². The first kappa shape index (κ1) is 13.2. The molecule has 94 valence electrons. The molecule has 1 atom stereocenters. The summed E-state index contributed by atoms with van der Waals surface area (Å²) in [6, 6.07) is 3.65. The van der Waals surface area contributed by atoms with Gasteiger partial charge in [-0.25, -0.2) is 0 Å². The normalized spacial score (nSPS) is 11.9. The van der Waals surface area contributed by atoms with Crippen LogP contribution in [-0.4, -0.2) is 31.3 Å². The van der Waals surface area contributed by atoms with Gasteiger partial charge in [0, 0.05) is 6.42 Å². The first-order chi connectivity index (χ1) is 8.12. The summed E-state index contributed by atoms with van der Waals surface area (Å²) >= 11 is 0. The van der Waals surface area contributed by atoms with E-state index in [1.165, 1.54) is 19.8 Å². The molecule has 0 bridgehead atoms. The number of benzene rings is 1. The number of carboxylic acid groups (broad SMARTS) is 1. The Morgan fingerprint density at radius 2 is 2.06 bits per heavy atom. The summed E-state index contributed by atoms with van der Waals surface area (Å²) in [5.41, 5.74) is 1.88. The number of methoxy groups -OCH3 is 2. The van der Waals surface area contributed by atoms with E-state index in [1.807, 2.05) is 0 Å². The van der Waals surface area contributed by atoms with Crippen LogP contribution in [0.25, 0.3) is 0 Å².